The number of fused-ring (bicyclic) bond motifs is 1. The fourth-order valence-corrected chi connectivity index (χ4v) is 4.67. The molecule has 4 aromatic rings. The average Bonchev–Trinajstić information content (AvgIpc) is 3.24. The number of aromatic amines is 1. The Morgan fingerprint density at radius 3 is 2.53 bits per heavy atom. The van der Waals surface area contributed by atoms with E-state index in [9.17, 15) is 26.4 Å². The molecule has 3 aromatic heterocycles. The number of hydrogen-bond acceptors (Lipinski definition) is 5. The smallest absolute Gasteiger partial charge is 0.346 e. The van der Waals surface area contributed by atoms with E-state index < -0.39 is 37.5 Å². The summed E-state index contributed by atoms with van der Waals surface area (Å²) < 4.78 is 67.7. The lowest BCUT2D eigenvalue weighted by atomic mass is 10.0. The van der Waals surface area contributed by atoms with Gasteiger partial charge in [0.25, 0.3) is 10.0 Å². The molecule has 0 saturated heterocycles. The minimum atomic E-state index is -4.87. The van der Waals surface area contributed by atoms with Crippen LogP contribution >= 0.6 is 23.2 Å². The summed E-state index contributed by atoms with van der Waals surface area (Å²) in [5, 5.41) is -0.137. The van der Waals surface area contributed by atoms with Crippen molar-refractivity contribution < 1.29 is 26.4 Å². The summed E-state index contributed by atoms with van der Waals surface area (Å²) in [6.07, 6.45) is -1.90. The first-order valence-corrected chi connectivity index (χ1v) is 11.7. The molecule has 2 N–H and O–H groups in total. The number of halogens is 5. The third-order valence-corrected chi connectivity index (χ3v) is 6.94. The van der Waals surface area contributed by atoms with Crippen molar-refractivity contribution in [2.24, 2.45) is 0 Å². The van der Waals surface area contributed by atoms with E-state index in [0.29, 0.717) is 17.1 Å². The van der Waals surface area contributed by atoms with Gasteiger partial charge in [-0.25, -0.2) is 18.4 Å². The van der Waals surface area contributed by atoms with Gasteiger partial charge >= 0.3 is 6.18 Å². The van der Waals surface area contributed by atoms with Crippen LogP contribution in [-0.4, -0.2) is 29.2 Å². The highest BCUT2D eigenvalue weighted by molar-refractivity contribution is 7.92. The number of aromatic nitrogens is 3. The van der Waals surface area contributed by atoms with Crippen molar-refractivity contribution in [1.82, 2.24) is 15.0 Å². The van der Waals surface area contributed by atoms with Crippen molar-refractivity contribution in [3.8, 4) is 0 Å². The molecule has 0 atom stereocenters. The number of ketones is 1. The predicted octanol–water partition coefficient (Wildman–Crippen LogP) is 5.62. The largest absolute Gasteiger partial charge is 0.417 e. The lowest BCUT2D eigenvalue weighted by Crippen LogP contribution is -2.18. The van der Waals surface area contributed by atoms with E-state index in [1.165, 1.54) is 25.3 Å². The van der Waals surface area contributed by atoms with Crippen molar-refractivity contribution in [2.75, 3.05) is 4.72 Å². The normalized spacial score (nSPS) is 12.2. The molecule has 0 radical (unpaired) electrons. The van der Waals surface area contributed by atoms with E-state index in [4.69, 9.17) is 23.2 Å². The summed E-state index contributed by atoms with van der Waals surface area (Å²) in [5.74, 6) is -0.642. The van der Waals surface area contributed by atoms with Gasteiger partial charge in [-0.2, -0.15) is 13.2 Å². The lowest BCUT2D eigenvalue weighted by molar-refractivity contribution is -0.137. The number of sulfonamides is 1. The van der Waals surface area contributed by atoms with Crippen molar-refractivity contribution in [3.05, 3.63) is 81.4 Å². The summed E-state index contributed by atoms with van der Waals surface area (Å²) in [7, 11) is -4.59. The average molecular weight is 529 g/mol. The van der Waals surface area contributed by atoms with Gasteiger partial charge in [0, 0.05) is 23.3 Å². The second kappa shape index (κ2) is 8.57. The van der Waals surface area contributed by atoms with Crippen LogP contribution < -0.4 is 4.72 Å². The van der Waals surface area contributed by atoms with Crippen molar-refractivity contribution in [1.29, 1.82) is 0 Å². The predicted molar refractivity (Wildman–Crippen MR) is 121 cm³/mol. The monoisotopic (exact) mass is 528 g/mol. The van der Waals surface area contributed by atoms with Gasteiger partial charge in [-0.1, -0.05) is 23.2 Å². The van der Waals surface area contributed by atoms with Gasteiger partial charge in [0.05, 0.1) is 31.9 Å². The van der Waals surface area contributed by atoms with Crippen LogP contribution in [0.3, 0.4) is 0 Å². The molecule has 1 aromatic carbocycles. The number of nitrogens with one attached hydrogen (secondary N) is 2. The molecule has 4 rings (SSSR count). The Morgan fingerprint density at radius 1 is 1.09 bits per heavy atom. The standard InChI is InChI=1S/C21H13Cl2F3N4O3S/c1-10-16(23)9-17(18(29-10)19(31)12-4-6-27-20-13(12)5-7-28-20)30-34(32,33)11-2-3-15(22)14(8-11)21(24,25)26/h2-9,30H,1H3,(H,27,28). The first kappa shape index (κ1) is 24.0. The van der Waals surface area contributed by atoms with Gasteiger partial charge in [-0.15, -0.1) is 0 Å². The topological polar surface area (TPSA) is 105 Å². The Kier molecular flexibility index (Phi) is 6.05. The maximum absolute atomic E-state index is 13.3. The van der Waals surface area contributed by atoms with E-state index in [-0.39, 0.29) is 27.7 Å². The fourth-order valence-electron chi connectivity index (χ4n) is 3.21. The summed E-state index contributed by atoms with van der Waals surface area (Å²) in [6, 6.07) is 6.37. The van der Waals surface area contributed by atoms with Gasteiger partial charge < -0.3 is 4.98 Å². The number of pyridine rings is 2. The van der Waals surface area contributed by atoms with Crippen LogP contribution in [0.1, 0.15) is 27.3 Å². The van der Waals surface area contributed by atoms with E-state index in [1.54, 1.807) is 12.3 Å². The summed E-state index contributed by atoms with van der Waals surface area (Å²) in [5.41, 5.74) is -1.04. The zero-order valence-electron chi connectivity index (χ0n) is 17.0. The molecule has 0 saturated carbocycles. The molecule has 34 heavy (non-hydrogen) atoms. The van der Waals surface area contributed by atoms with Crippen molar-refractivity contribution in [2.45, 2.75) is 18.0 Å². The van der Waals surface area contributed by atoms with E-state index in [1.807, 2.05) is 0 Å². The number of nitrogens with zero attached hydrogens (tertiary/aromatic N) is 2. The van der Waals surface area contributed by atoms with Crippen molar-refractivity contribution >= 4 is 55.7 Å². The summed E-state index contributed by atoms with van der Waals surface area (Å²) in [6.45, 7) is 1.52. The van der Waals surface area contributed by atoms with E-state index in [2.05, 4.69) is 19.7 Å². The molecule has 176 valence electrons. The Bertz CT molecular complexity index is 1550. The first-order valence-electron chi connectivity index (χ1n) is 9.42. The Morgan fingerprint density at radius 2 is 1.82 bits per heavy atom. The molecule has 0 aliphatic rings. The van der Waals surface area contributed by atoms with E-state index >= 15 is 0 Å². The zero-order chi connectivity index (χ0) is 24.8. The number of alkyl halides is 3. The van der Waals surface area contributed by atoms with Gasteiger partial charge in [0.15, 0.2) is 0 Å². The van der Waals surface area contributed by atoms with Crippen LogP contribution in [-0.2, 0) is 16.2 Å². The Hall–Kier alpha value is -3.15. The molecule has 0 fully saturated rings. The van der Waals surface area contributed by atoms with Crippen molar-refractivity contribution in [3.63, 3.8) is 0 Å². The third-order valence-electron chi connectivity index (χ3n) is 4.87. The highest BCUT2D eigenvalue weighted by Gasteiger charge is 2.35. The van der Waals surface area contributed by atoms with Gasteiger partial charge in [0.1, 0.15) is 11.3 Å². The number of carbonyl (C=O) groups is 1. The fraction of sp³-hybridized carbons (Fsp3) is 0.0952. The van der Waals surface area contributed by atoms with Crippen LogP contribution in [0.25, 0.3) is 11.0 Å². The maximum Gasteiger partial charge on any atom is 0.417 e. The number of benzene rings is 1. The van der Waals surface area contributed by atoms with Crippen LogP contribution in [0, 0.1) is 6.92 Å². The number of H-pyrrole nitrogens is 1. The van der Waals surface area contributed by atoms with E-state index in [0.717, 1.165) is 12.1 Å². The highest BCUT2D eigenvalue weighted by atomic mass is 35.5. The maximum atomic E-state index is 13.3. The molecule has 0 unspecified atom stereocenters. The minimum Gasteiger partial charge on any atom is -0.346 e. The molecule has 0 bridgehead atoms. The molecule has 7 nitrogen and oxygen atoms in total. The second-order valence-electron chi connectivity index (χ2n) is 7.12. The van der Waals surface area contributed by atoms with Crippen LogP contribution in [0.4, 0.5) is 18.9 Å². The minimum absolute atomic E-state index is 0.0443. The van der Waals surface area contributed by atoms with Gasteiger partial charge in [-0.05, 0) is 43.3 Å². The first-order chi connectivity index (χ1) is 15.9. The Labute approximate surface area is 201 Å². The molecular weight excluding hydrogens is 516 g/mol. The number of rotatable bonds is 5. The summed E-state index contributed by atoms with van der Waals surface area (Å²) >= 11 is 11.7. The number of carbonyl (C=O) groups excluding carboxylic acids is 1. The molecule has 0 spiro atoms. The van der Waals surface area contributed by atoms with Crippen LogP contribution in [0.5, 0.6) is 0 Å². The Balaban J connectivity index is 1.81. The summed E-state index contributed by atoms with van der Waals surface area (Å²) in [4.78, 5) is 23.8. The number of aryl methyl sites for hydroxylation is 1. The van der Waals surface area contributed by atoms with Gasteiger partial charge in [0.2, 0.25) is 5.78 Å². The number of hydrogen-bond donors (Lipinski definition) is 2. The molecular formula is C21H13Cl2F3N4O3S. The molecule has 3 heterocycles. The SMILES string of the molecule is Cc1nc(C(=O)c2ccnc3[nH]ccc23)c(NS(=O)(=O)c2ccc(Cl)c(C(F)(F)F)c2)cc1Cl. The quantitative estimate of drug-likeness (QED) is 0.327. The second-order valence-corrected chi connectivity index (χ2v) is 9.62. The molecule has 0 aliphatic carbocycles. The third kappa shape index (κ3) is 4.46. The highest BCUT2D eigenvalue weighted by Crippen LogP contribution is 2.36. The number of anilines is 1. The van der Waals surface area contributed by atoms with Crippen LogP contribution in [0.15, 0.2) is 53.7 Å². The molecule has 13 heteroatoms. The van der Waals surface area contributed by atoms with Gasteiger partial charge in [-0.3, -0.25) is 9.52 Å². The van der Waals surface area contributed by atoms with Crippen LogP contribution in [0.2, 0.25) is 10.0 Å². The lowest BCUT2D eigenvalue weighted by Gasteiger charge is -2.15. The molecule has 0 amide bonds. The zero-order valence-corrected chi connectivity index (χ0v) is 19.4. The molecule has 0 aliphatic heterocycles.